The van der Waals surface area contributed by atoms with Gasteiger partial charge in [0.25, 0.3) is 0 Å². The molecule has 30 heavy (non-hydrogen) atoms. The van der Waals surface area contributed by atoms with Crippen molar-refractivity contribution in [1.82, 2.24) is 15.0 Å². The van der Waals surface area contributed by atoms with Gasteiger partial charge in [0, 0.05) is 31.4 Å². The third-order valence-electron chi connectivity index (χ3n) is 5.20. The zero-order valence-corrected chi connectivity index (χ0v) is 17.9. The molecule has 1 fully saturated rings. The van der Waals surface area contributed by atoms with Crippen molar-refractivity contribution in [2.45, 2.75) is 33.1 Å². The summed E-state index contributed by atoms with van der Waals surface area (Å²) in [4.78, 5) is 28.0. The van der Waals surface area contributed by atoms with Crippen molar-refractivity contribution in [3.63, 3.8) is 0 Å². The number of nitrogens with zero attached hydrogens (tertiary/aromatic N) is 4. The van der Waals surface area contributed by atoms with Crippen LogP contribution in [0.15, 0.2) is 36.5 Å². The topological polar surface area (TPSA) is 91.2 Å². The predicted molar refractivity (Wildman–Crippen MR) is 120 cm³/mol. The lowest BCUT2D eigenvalue weighted by Gasteiger charge is -2.30. The molecule has 0 atom stereocenters. The summed E-state index contributed by atoms with van der Waals surface area (Å²) >= 11 is 1.62. The number of carboxylic acid groups (broad SMARTS) is 1. The van der Waals surface area contributed by atoms with E-state index in [0.29, 0.717) is 0 Å². The fourth-order valence-corrected chi connectivity index (χ4v) is 4.72. The van der Waals surface area contributed by atoms with Gasteiger partial charge < -0.3 is 15.3 Å². The minimum absolute atomic E-state index is 0.260. The van der Waals surface area contributed by atoms with E-state index in [9.17, 15) is 4.79 Å². The maximum Gasteiger partial charge on any atom is 0.303 e. The highest BCUT2D eigenvalue weighted by Gasteiger charge is 2.23. The Balaban J connectivity index is 1.45. The van der Waals surface area contributed by atoms with Crippen LogP contribution in [0.4, 0.5) is 16.8 Å². The highest BCUT2D eigenvalue weighted by Crippen LogP contribution is 2.33. The van der Waals surface area contributed by atoms with Crippen molar-refractivity contribution in [2.24, 2.45) is 5.92 Å². The van der Waals surface area contributed by atoms with Crippen molar-refractivity contribution in [2.75, 3.05) is 23.3 Å². The lowest BCUT2D eigenvalue weighted by atomic mass is 9.94. The Labute approximate surface area is 179 Å². The average molecular weight is 424 g/mol. The molecular formula is C22H25N5O2S. The minimum atomic E-state index is -0.708. The number of carbonyl (C=O) groups is 1. The number of piperidine rings is 1. The van der Waals surface area contributed by atoms with Gasteiger partial charge >= 0.3 is 5.97 Å². The van der Waals surface area contributed by atoms with Gasteiger partial charge in [-0.3, -0.25) is 4.79 Å². The summed E-state index contributed by atoms with van der Waals surface area (Å²) in [5, 5.41) is 13.2. The molecule has 1 saturated heterocycles. The Hall–Kier alpha value is -3.00. The van der Waals surface area contributed by atoms with Crippen molar-refractivity contribution >= 4 is 34.1 Å². The molecule has 0 spiro atoms. The molecule has 156 valence electrons. The van der Waals surface area contributed by atoms with E-state index in [1.54, 1.807) is 11.3 Å². The molecule has 3 aromatic rings. The number of thiazole rings is 1. The summed E-state index contributed by atoms with van der Waals surface area (Å²) in [5.41, 5.74) is 2.99. The van der Waals surface area contributed by atoms with Crippen molar-refractivity contribution in [3.05, 3.63) is 47.8 Å². The molecule has 1 aliphatic heterocycles. The number of rotatable bonds is 6. The Morgan fingerprint density at radius 3 is 2.73 bits per heavy atom. The Kier molecular flexibility index (Phi) is 5.94. The second-order valence-electron chi connectivity index (χ2n) is 7.74. The monoisotopic (exact) mass is 423 g/mol. The number of pyridine rings is 2. The van der Waals surface area contributed by atoms with E-state index < -0.39 is 5.97 Å². The Morgan fingerprint density at radius 2 is 2.00 bits per heavy atom. The van der Waals surface area contributed by atoms with E-state index in [2.05, 4.69) is 20.2 Å². The average Bonchev–Trinajstić information content (AvgIpc) is 3.18. The van der Waals surface area contributed by atoms with E-state index in [-0.39, 0.29) is 12.3 Å². The van der Waals surface area contributed by atoms with Crippen LogP contribution in [0.1, 0.15) is 30.5 Å². The molecule has 1 aliphatic rings. The summed E-state index contributed by atoms with van der Waals surface area (Å²) in [6.45, 7) is 5.72. The molecule has 0 amide bonds. The van der Waals surface area contributed by atoms with Crippen LogP contribution < -0.4 is 10.2 Å². The number of carboxylic acids is 1. The zero-order valence-electron chi connectivity index (χ0n) is 17.1. The molecule has 8 heteroatoms. The molecule has 7 nitrogen and oxygen atoms in total. The SMILES string of the molecule is Cc1cc(C)nc(Nc2cccc(-c3cnc(N4CCC(CC(=O)O)CC4)s3)n2)c1. The number of nitrogens with one attached hydrogen (secondary N) is 1. The number of hydrogen-bond donors (Lipinski definition) is 2. The number of anilines is 3. The van der Waals surface area contributed by atoms with Crippen LogP contribution in [-0.4, -0.2) is 39.1 Å². The summed E-state index contributed by atoms with van der Waals surface area (Å²) in [6.07, 6.45) is 3.91. The fraction of sp³-hybridized carbons (Fsp3) is 0.364. The zero-order chi connectivity index (χ0) is 21.1. The Bertz CT molecular complexity index is 1020. The highest BCUT2D eigenvalue weighted by molar-refractivity contribution is 7.18. The van der Waals surface area contributed by atoms with Crippen LogP contribution >= 0.6 is 11.3 Å². The number of hydrogen-bond acceptors (Lipinski definition) is 7. The molecule has 0 unspecified atom stereocenters. The maximum atomic E-state index is 10.9. The van der Waals surface area contributed by atoms with Gasteiger partial charge in [0.1, 0.15) is 11.6 Å². The first-order chi connectivity index (χ1) is 14.5. The van der Waals surface area contributed by atoms with Crippen LogP contribution in [0.2, 0.25) is 0 Å². The molecule has 4 heterocycles. The summed E-state index contributed by atoms with van der Waals surface area (Å²) < 4.78 is 0. The van der Waals surface area contributed by atoms with Crippen LogP contribution in [0.3, 0.4) is 0 Å². The quantitative estimate of drug-likeness (QED) is 0.596. The van der Waals surface area contributed by atoms with Gasteiger partial charge in [-0.15, -0.1) is 0 Å². The first-order valence-corrected chi connectivity index (χ1v) is 10.9. The first-order valence-electron chi connectivity index (χ1n) is 10.1. The molecular weight excluding hydrogens is 398 g/mol. The summed E-state index contributed by atoms with van der Waals surface area (Å²) in [7, 11) is 0. The highest BCUT2D eigenvalue weighted by atomic mass is 32.1. The molecule has 0 aliphatic carbocycles. The minimum Gasteiger partial charge on any atom is -0.481 e. The molecule has 0 saturated carbocycles. The molecule has 2 N–H and O–H groups in total. The van der Waals surface area contributed by atoms with Crippen molar-refractivity contribution in [3.8, 4) is 10.6 Å². The largest absolute Gasteiger partial charge is 0.481 e. The van der Waals surface area contributed by atoms with Crippen LogP contribution in [0, 0.1) is 19.8 Å². The second-order valence-corrected chi connectivity index (χ2v) is 8.75. The molecule has 4 rings (SSSR count). The normalized spacial score (nSPS) is 14.7. The van der Waals surface area contributed by atoms with Gasteiger partial charge in [0.15, 0.2) is 5.13 Å². The fourth-order valence-electron chi connectivity index (χ4n) is 3.78. The van der Waals surface area contributed by atoms with E-state index in [4.69, 9.17) is 10.1 Å². The predicted octanol–water partition coefficient (Wildman–Crippen LogP) is 4.65. The number of aliphatic carboxylic acids is 1. The molecule has 0 radical (unpaired) electrons. The lowest BCUT2D eigenvalue weighted by Crippen LogP contribution is -2.34. The molecule has 0 aromatic carbocycles. The van der Waals surface area contributed by atoms with E-state index in [0.717, 1.165) is 64.5 Å². The van der Waals surface area contributed by atoms with Crippen LogP contribution in [0.5, 0.6) is 0 Å². The lowest BCUT2D eigenvalue weighted by molar-refractivity contribution is -0.138. The smallest absolute Gasteiger partial charge is 0.303 e. The van der Waals surface area contributed by atoms with E-state index in [1.807, 2.05) is 50.4 Å². The summed E-state index contributed by atoms with van der Waals surface area (Å²) in [5.74, 6) is 1.09. The first kappa shape index (κ1) is 20.3. The number of aromatic nitrogens is 3. The maximum absolute atomic E-state index is 10.9. The van der Waals surface area contributed by atoms with Crippen molar-refractivity contribution in [1.29, 1.82) is 0 Å². The van der Waals surface area contributed by atoms with Gasteiger partial charge in [-0.1, -0.05) is 17.4 Å². The second kappa shape index (κ2) is 8.79. The van der Waals surface area contributed by atoms with E-state index >= 15 is 0 Å². The van der Waals surface area contributed by atoms with E-state index in [1.165, 1.54) is 0 Å². The van der Waals surface area contributed by atoms with Crippen LogP contribution in [0.25, 0.3) is 10.6 Å². The third-order valence-corrected chi connectivity index (χ3v) is 6.28. The van der Waals surface area contributed by atoms with Gasteiger partial charge in [-0.2, -0.15) is 0 Å². The number of aryl methyl sites for hydroxylation is 2. The van der Waals surface area contributed by atoms with Crippen LogP contribution in [-0.2, 0) is 4.79 Å². The van der Waals surface area contributed by atoms with Gasteiger partial charge in [0.2, 0.25) is 0 Å². The Morgan fingerprint density at radius 1 is 1.20 bits per heavy atom. The van der Waals surface area contributed by atoms with Gasteiger partial charge in [-0.25, -0.2) is 15.0 Å². The van der Waals surface area contributed by atoms with Gasteiger partial charge in [0.05, 0.1) is 10.6 Å². The van der Waals surface area contributed by atoms with Crippen molar-refractivity contribution < 1.29 is 9.90 Å². The third kappa shape index (κ3) is 4.94. The summed E-state index contributed by atoms with van der Waals surface area (Å²) in [6, 6.07) is 9.93. The van der Waals surface area contributed by atoms with Gasteiger partial charge in [-0.05, 0) is 62.4 Å². The standard InChI is InChI=1S/C22H25N5O2S/c1-14-10-15(2)24-20(11-14)26-19-5-3-4-17(25-19)18-13-23-22(30-18)27-8-6-16(7-9-27)12-21(28)29/h3-5,10-11,13,16H,6-9,12H2,1-2H3,(H,28,29)(H,24,25,26). The molecule has 0 bridgehead atoms. The molecule has 3 aromatic heterocycles.